The quantitative estimate of drug-likeness (QED) is 0.622. The van der Waals surface area contributed by atoms with Gasteiger partial charge in [-0.3, -0.25) is 14.4 Å². The maximum absolute atomic E-state index is 12.7. The number of carbonyl (C=O) groups excluding carboxylic acids is 1. The largest absolute Gasteiger partial charge is 0.481 e. The number of carboxylic acids is 2. The van der Waals surface area contributed by atoms with Gasteiger partial charge in [0.05, 0.1) is 11.8 Å². The second kappa shape index (κ2) is 9.71. The first kappa shape index (κ1) is 21.9. The molecule has 6 heteroatoms. The SMILES string of the molecule is CCCC(COC(=O)C1CCC(C)CC1C(=O)O)(Cc1ccccc1)C(=O)O. The van der Waals surface area contributed by atoms with Gasteiger partial charge in [0.1, 0.15) is 12.0 Å². The first-order valence-electron chi connectivity index (χ1n) is 9.96. The smallest absolute Gasteiger partial charge is 0.313 e. The Morgan fingerprint density at radius 2 is 1.79 bits per heavy atom. The van der Waals surface area contributed by atoms with Crippen LogP contribution in [0.1, 0.15) is 51.5 Å². The Bertz CT molecular complexity index is 686. The van der Waals surface area contributed by atoms with Crippen molar-refractivity contribution in [2.24, 2.45) is 23.2 Å². The molecular formula is C22H30O6. The van der Waals surface area contributed by atoms with E-state index in [9.17, 15) is 24.6 Å². The molecule has 2 N–H and O–H groups in total. The van der Waals surface area contributed by atoms with Crippen molar-refractivity contribution in [3.63, 3.8) is 0 Å². The molecule has 1 aliphatic rings. The summed E-state index contributed by atoms with van der Waals surface area (Å²) in [6.07, 6.45) is 2.94. The predicted octanol–water partition coefficient (Wildman–Crippen LogP) is 3.78. The Morgan fingerprint density at radius 3 is 2.36 bits per heavy atom. The van der Waals surface area contributed by atoms with E-state index in [4.69, 9.17) is 4.74 Å². The Morgan fingerprint density at radius 1 is 1.11 bits per heavy atom. The topological polar surface area (TPSA) is 101 Å². The first-order valence-corrected chi connectivity index (χ1v) is 9.96. The van der Waals surface area contributed by atoms with Gasteiger partial charge in [-0.25, -0.2) is 0 Å². The van der Waals surface area contributed by atoms with Crippen LogP contribution in [0.3, 0.4) is 0 Å². The highest BCUT2D eigenvalue weighted by Crippen LogP contribution is 2.36. The lowest BCUT2D eigenvalue weighted by Crippen LogP contribution is -2.41. The van der Waals surface area contributed by atoms with Crippen LogP contribution in [0.4, 0.5) is 0 Å². The van der Waals surface area contributed by atoms with Gasteiger partial charge in [0.2, 0.25) is 0 Å². The Kier molecular flexibility index (Phi) is 7.61. The number of carboxylic acid groups (broad SMARTS) is 2. The fourth-order valence-electron chi connectivity index (χ4n) is 4.17. The van der Waals surface area contributed by atoms with Crippen LogP contribution < -0.4 is 0 Å². The third-order valence-corrected chi connectivity index (χ3v) is 5.79. The van der Waals surface area contributed by atoms with E-state index in [1.54, 1.807) is 0 Å². The fourth-order valence-corrected chi connectivity index (χ4v) is 4.17. The maximum Gasteiger partial charge on any atom is 0.313 e. The number of hydrogen-bond acceptors (Lipinski definition) is 4. The van der Waals surface area contributed by atoms with Crippen molar-refractivity contribution in [1.82, 2.24) is 0 Å². The molecule has 0 aliphatic heterocycles. The average Bonchev–Trinajstić information content (AvgIpc) is 2.66. The van der Waals surface area contributed by atoms with Crippen molar-refractivity contribution in [1.29, 1.82) is 0 Å². The van der Waals surface area contributed by atoms with Gasteiger partial charge < -0.3 is 14.9 Å². The molecule has 1 saturated carbocycles. The van der Waals surface area contributed by atoms with Crippen molar-refractivity contribution in [3.05, 3.63) is 35.9 Å². The van der Waals surface area contributed by atoms with E-state index in [1.807, 2.05) is 44.2 Å². The number of ether oxygens (including phenoxy) is 1. The van der Waals surface area contributed by atoms with Crippen LogP contribution in [-0.2, 0) is 25.5 Å². The summed E-state index contributed by atoms with van der Waals surface area (Å²) < 4.78 is 5.47. The second-order valence-electron chi connectivity index (χ2n) is 8.08. The number of carbonyl (C=O) groups is 3. The summed E-state index contributed by atoms with van der Waals surface area (Å²) in [7, 11) is 0. The molecule has 0 heterocycles. The molecule has 6 nitrogen and oxygen atoms in total. The van der Waals surface area contributed by atoms with Crippen LogP contribution in [0.5, 0.6) is 0 Å². The molecule has 0 radical (unpaired) electrons. The van der Waals surface area contributed by atoms with E-state index in [0.29, 0.717) is 25.7 Å². The van der Waals surface area contributed by atoms with Crippen molar-refractivity contribution in [2.75, 3.05) is 6.61 Å². The molecule has 1 aromatic carbocycles. The molecule has 4 atom stereocenters. The molecule has 4 unspecified atom stereocenters. The summed E-state index contributed by atoms with van der Waals surface area (Å²) in [5.41, 5.74) is -0.351. The highest BCUT2D eigenvalue weighted by Gasteiger charge is 2.43. The molecule has 1 aliphatic carbocycles. The van der Waals surface area contributed by atoms with Crippen molar-refractivity contribution in [3.8, 4) is 0 Å². The summed E-state index contributed by atoms with van der Waals surface area (Å²) in [6, 6.07) is 9.28. The molecule has 0 saturated heterocycles. The highest BCUT2D eigenvalue weighted by molar-refractivity contribution is 5.82. The number of benzene rings is 1. The number of aliphatic carboxylic acids is 2. The molecule has 2 rings (SSSR count). The summed E-state index contributed by atoms with van der Waals surface area (Å²) in [5.74, 6) is -3.81. The molecule has 1 fully saturated rings. The minimum atomic E-state index is -1.22. The van der Waals surface area contributed by atoms with Crippen LogP contribution in [0, 0.1) is 23.2 Å². The lowest BCUT2D eigenvalue weighted by Gasteiger charge is -2.33. The van der Waals surface area contributed by atoms with Crippen molar-refractivity contribution < 1.29 is 29.3 Å². The number of esters is 1. The summed E-state index contributed by atoms with van der Waals surface area (Å²) >= 11 is 0. The lowest BCUT2D eigenvalue weighted by atomic mass is 9.74. The number of rotatable bonds is 9. The summed E-state index contributed by atoms with van der Waals surface area (Å²) in [6.45, 7) is 3.63. The zero-order chi connectivity index (χ0) is 20.7. The van der Waals surface area contributed by atoms with Gasteiger partial charge in [-0.15, -0.1) is 0 Å². The fraction of sp³-hybridized carbons (Fsp3) is 0.591. The van der Waals surface area contributed by atoms with E-state index in [0.717, 1.165) is 12.0 Å². The Hall–Kier alpha value is -2.37. The minimum Gasteiger partial charge on any atom is -0.481 e. The third kappa shape index (κ3) is 5.33. The zero-order valence-electron chi connectivity index (χ0n) is 16.6. The summed E-state index contributed by atoms with van der Waals surface area (Å²) in [5, 5.41) is 19.4. The van der Waals surface area contributed by atoms with Crippen LogP contribution in [-0.4, -0.2) is 34.7 Å². The Labute approximate surface area is 165 Å². The zero-order valence-corrected chi connectivity index (χ0v) is 16.6. The van der Waals surface area contributed by atoms with Gasteiger partial charge >= 0.3 is 17.9 Å². The van der Waals surface area contributed by atoms with E-state index >= 15 is 0 Å². The van der Waals surface area contributed by atoms with Crippen molar-refractivity contribution in [2.45, 2.75) is 52.4 Å². The molecule has 0 spiro atoms. The first-order chi connectivity index (χ1) is 13.3. The van der Waals surface area contributed by atoms with Crippen LogP contribution >= 0.6 is 0 Å². The predicted molar refractivity (Wildman–Crippen MR) is 104 cm³/mol. The molecular weight excluding hydrogens is 360 g/mol. The monoisotopic (exact) mass is 390 g/mol. The van der Waals surface area contributed by atoms with E-state index in [-0.39, 0.29) is 18.9 Å². The van der Waals surface area contributed by atoms with Crippen LogP contribution in [0.2, 0.25) is 0 Å². The van der Waals surface area contributed by atoms with Gasteiger partial charge in [0.15, 0.2) is 0 Å². The number of hydrogen-bond donors (Lipinski definition) is 2. The summed E-state index contributed by atoms with van der Waals surface area (Å²) in [4.78, 5) is 36.4. The van der Waals surface area contributed by atoms with Crippen molar-refractivity contribution >= 4 is 17.9 Å². The molecule has 154 valence electrons. The van der Waals surface area contributed by atoms with Gasteiger partial charge in [0.25, 0.3) is 0 Å². The molecule has 0 amide bonds. The molecule has 28 heavy (non-hydrogen) atoms. The van der Waals surface area contributed by atoms with Crippen LogP contribution in [0.15, 0.2) is 30.3 Å². The molecule has 0 aromatic heterocycles. The van der Waals surface area contributed by atoms with Gasteiger partial charge in [0, 0.05) is 0 Å². The Balaban J connectivity index is 2.14. The van der Waals surface area contributed by atoms with E-state index in [2.05, 4.69) is 0 Å². The van der Waals surface area contributed by atoms with E-state index in [1.165, 1.54) is 0 Å². The third-order valence-electron chi connectivity index (χ3n) is 5.79. The van der Waals surface area contributed by atoms with Crippen LogP contribution in [0.25, 0.3) is 0 Å². The highest BCUT2D eigenvalue weighted by atomic mass is 16.5. The normalized spacial score (nSPS) is 24.1. The second-order valence-corrected chi connectivity index (χ2v) is 8.08. The molecule has 1 aromatic rings. The van der Waals surface area contributed by atoms with Gasteiger partial charge in [-0.1, -0.05) is 50.6 Å². The average molecular weight is 390 g/mol. The van der Waals surface area contributed by atoms with E-state index < -0.39 is 35.2 Å². The minimum absolute atomic E-state index is 0.248. The van der Waals surface area contributed by atoms with Gasteiger partial charge in [-0.2, -0.15) is 0 Å². The lowest BCUT2D eigenvalue weighted by molar-refractivity contribution is -0.168. The van der Waals surface area contributed by atoms with Gasteiger partial charge in [-0.05, 0) is 43.6 Å². The standard InChI is InChI=1S/C22H30O6/c1-3-11-22(21(26)27,13-16-7-5-4-6-8-16)14-28-20(25)17-10-9-15(2)12-18(17)19(23)24/h4-8,15,17-18H,3,9-14H2,1-2H3,(H,23,24)(H,26,27). The molecule has 0 bridgehead atoms. The maximum atomic E-state index is 12.7.